The average molecular weight is 502 g/mol. The molecule has 0 amide bonds. The number of rotatable bonds is 10. The zero-order valence-electron chi connectivity index (χ0n) is 21.3. The van der Waals surface area contributed by atoms with Gasteiger partial charge in [-0.1, -0.05) is 54.1 Å². The first-order chi connectivity index (χ1) is 18.1. The number of aryl methyl sites for hydroxylation is 1. The molecule has 1 aromatic heterocycles. The summed E-state index contributed by atoms with van der Waals surface area (Å²) in [6, 6.07) is 24.7. The SMILES string of the molecule is Cc1ccc2c(c1)c([C@H]1C[C@@H](O)C[C@@H](CO)O1)cn2Cc1ccc(OCCOCc2ccccc2)cc1. The van der Waals surface area contributed by atoms with Crippen molar-refractivity contribution >= 4 is 10.9 Å². The topological polar surface area (TPSA) is 73.1 Å². The normalized spacial score (nSPS) is 19.8. The molecule has 3 atom stereocenters. The fourth-order valence-electron chi connectivity index (χ4n) is 5.00. The standard InChI is InChI=1S/C31H35NO5/c1-22-7-12-30-28(15-22)29(31-17-25(34)16-27(20-33)37-31)19-32(30)18-23-8-10-26(11-9-23)36-14-13-35-21-24-5-3-2-4-6-24/h2-12,15,19,25,27,31,33-34H,13-14,16-18,20-21H2,1H3/t25-,27-,31+/m0/s1. The number of benzene rings is 3. The first kappa shape index (κ1) is 25.5. The maximum Gasteiger partial charge on any atom is 0.119 e. The molecule has 5 rings (SSSR count). The molecule has 37 heavy (non-hydrogen) atoms. The number of ether oxygens (including phenoxy) is 3. The van der Waals surface area contributed by atoms with Crippen LogP contribution in [0, 0.1) is 6.92 Å². The second kappa shape index (κ2) is 11.9. The number of aromatic nitrogens is 1. The summed E-state index contributed by atoms with van der Waals surface area (Å²) in [5, 5.41) is 21.1. The first-order valence-electron chi connectivity index (χ1n) is 13.0. The minimum absolute atomic E-state index is 0.0845. The van der Waals surface area contributed by atoms with E-state index in [1.165, 1.54) is 5.56 Å². The van der Waals surface area contributed by atoms with Crippen molar-refractivity contribution in [2.75, 3.05) is 19.8 Å². The molecule has 6 nitrogen and oxygen atoms in total. The van der Waals surface area contributed by atoms with Crippen molar-refractivity contribution in [3.8, 4) is 5.75 Å². The Bertz CT molecular complexity index is 1280. The lowest BCUT2D eigenvalue weighted by Gasteiger charge is -2.32. The highest BCUT2D eigenvalue weighted by Crippen LogP contribution is 2.37. The number of hydrogen-bond donors (Lipinski definition) is 2. The van der Waals surface area contributed by atoms with Crippen molar-refractivity contribution < 1.29 is 24.4 Å². The van der Waals surface area contributed by atoms with E-state index in [4.69, 9.17) is 14.2 Å². The smallest absolute Gasteiger partial charge is 0.119 e. The second-order valence-electron chi connectivity index (χ2n) is 9.82. The van der Waals surface area contributed by atoms with E-state index in [1.807, 2.05) is 30.3 Å². The highest BCUT2D eigenvalue weighted by atomic mass is 16.5. The fourth-order valence-corrected chi connectivity index (χ4v) is 5.00. The first-order valence-corrected chi connectivity index (χ1v) is 13.0. The Morgan fingerprint density at radius 2 is 1.76 bits per heavy atom. The third kappa shape index (κ3) is 6.40. The molecule has 1 aliphatic heterocycles. The van der Waals surface area contributed by atoms with Gasteiger partial charge in [0.05, 0.1) is 38.1 Å². The summed E-state index contributed by atoms with van der Waals surface area (Å²) in [6.07, 6.45) is 2.08. The van der Waals surface area contributed by atoms with E-state index in [2.05, 4.69) is 60.2 Å². The van der Waals surface area contributed by atoms with Crippen LogP contribution in [0.15, 0.2) is 79.0 Å². The monoisotopic (exact) mass is 501 g/mol. The zero-order chi connectivity index (χ0) is 25.6. The summed E-state index contributed by atoms with van der Waals surface area (Å²) < 4.78 is 19.9. The van der Waals surface area contributed by atoms with Crippen molar-refractivity contribution in [2.45, 2.75) is 51.2 Å². The predicted octanol–water partition coefficient (Wildman–Crippen LogP) is 5.17. The fraction of sp³-hybridized carbons (Fsp3) is 0.355. The molecule has 0 radical (unpaired) electrons. The molecule has 194 valence electrons. The highest BCUT2D eigenvalue weighted by molar-refractivity contribution is 5.85. The minimum atomic E-state index is -0.476. The zero-order valence-corrected chi connectivity index (χ0v) is 21.3. The molecule has 3 aromatic carbocycles. The van der Waals surface area contributed by atoms with Gasteiger partial charge in [0.1, 0.15) is 12.4 Å². The number of aliphatic hydroxyl groups excluding tert-OH is 2. The lowest BCUT2D eigenvalue weighted by Crippen LogP contribution is -2.33. The number of aliphatic hydroxyl groups is 2. The molecule has 0 aliphatic carbocycles. The van der Waals surface area contributed by atoms with E-state index >= 15 is 0 Å². The van der Waals surface area contributed by atoms with Crippen LogP contribution in [0.25, 0.3) is 10.9 Å². The van der Waals surface area contributed by atoms with Crippen LogP contribution in [-0.4, -0.2) is 46.8 Å². The second-order valence-corrected chi connectivity index (χ2v) is 9.82. The Labute approximate surface area is 218 Å². The van der Waals surface area contributed by atoms with Crippen LogP contribution in [-0.2, 0) is 22.6 Å². The van der Waals surface area contributed by atoms with Gasteiger partial charge < -0.3 is 29.0 Å². The molecule has 0 saturated carbocycles. The molecular formula is C31H35NO5. The molecule has 2 heterocycles. The molecule has 1 aliphatic rings. The van der Waals surface area contributed by atoms with Crippen LogP contribution >= 0.6 is 0 Å². The molecule has 0 spiro atoms. The summed E-state index contributed by atoms with van der Waals surface area (Å²) in [7, 11) is 0. The Balaban J connectivity index is 1.23. The molecule has 2 N–H and O–H groups in total. The molecule has 4 aromatic rings. The van der Waals surface area contributed by atoms with E-state index in [0.29, 0.717) is 39.2 Å². The van der Waals surface area contributed by atoms with E-state index < -0.39 is 6.10 Å². The van der Waals surface area contributed by atoms with Crippen molar-refractivity contribution in [1.29, 1.82) is 0 Å². The van der Waals surface area contributed by atoms with Crippen molar-refractivity contribution in [2.24, 2.45) is 0 Å². The van der Waals surface area contributed by atoms with Crippen LogP contribution in [0.5, 0.6) is 5.75 Å². The largest absolute Gasteiger partial charge is 0.491 e. The van der Waals surface area contributed by atoms with Gasteiger partial charge in [-0.25, -0.2) is 0 Å². The van der Waals surface area contributed by atoms with Gasteiger partial charge in [0.2, 0.25) is 0 Å². The Morgan fingerprint density at radius 3 is 2.54 bits per heavy atom. The van der Waals surface area contributed by atoms with Crippen LogP contribution in [0.3, 0.4) is 0 Å². The molecule has 1 saturated heterocycles. The summed E-state index contributed by atoms with van der Waals surface area (Å²) in [4.78, 5) is 0. The van der Waals surface area contributed by atoms with E-state index in [9.17, 15) is 10.2 Å². The van der Waals surface area contributed by atoms with Gasteiger partial charge in [-0.2, -0.15) is 0 Å². The van der Waals surface area contributed by atoms with Gasteiger partial charge in [-0.15, -0.1) is 0 Å². The van der Waals surface area contributed by atoms with Crippen LogP contribution in [0.2, 0.25) is 0 Å². The Hall–Kier alpha value is -3.16. The third-order valence-electron chi connectivity index (χ3n) is 6.88. The average Bonchev–Trinajstić information content (AvgIpc) is 3.26. The maximum absolute atomic E-state index is 10.4. The van der Waals surface area contributed by atoms with Gasteiger partial charge in [0, 0.05) is 42.0 Å². The van der Waals surface area contributed by atoms with E-state index in [0.717, 1.165) is 33.3 Å². The Kier molecular flexibility index (Phi) is 8.21. The van der Waals surface area contributed by atoms with E-state index in [1.54, 1.807) is 0 Å². The number of hydrogen-bond acceptors (Lipinski definition) is 5. The predicted molar refractivity (Wildman–Crippen MR) is 144 cm³/mol. The lowest BCUT2D eigenvalue weighted by atomic mass is 9.95. The third-order valence-corrected chi connectivity index (χ3v) is 6.88. The number of nitrogens with zero attached hydrogens (tertiary/aromatic N) is 1. The highest BCUT2D eigenvalue weighted by Gasteiger charge is 2.31. The molecule has 0 unspecified atom stereocenters. The minimum Gasteiger partial charge on any atom is -0.491 e. The van der Waals surface area contributed by atoms with Gasteiger partial charge in [-0.05, 0) is 42.3 Å². The lowest BCUT2D eigenvalue weighted by molar-refractivity contribution is -0.113. The summed E-state index contributed by atoms with van der Waals surface area (Å²) in [6.45, 7) is 4.32. The molecule has 0 bridgehead atoms. The van der Waals surface area contributed by atoms with Crippen molar-refractivity contribution in [1.82, 2.24) is 4.57 Å². The van der Waals surface area contributed by atoms with Crippen molar-refractivity contribution in [3.05, 3.63) is 101 Å². The van der Waals surface area contributed by atoms with Gasteiger partial charge in [-0.3, -0.25) is 0 Å². The van der Waals surface area contributed by atoms with Crippen LogP contribution < -0.4 is 4.74 Å². The molecule has 1 fully saturated rings. The summed E-state index contributed by atoms with van der Waals surface area (Å²) in [5.41, 5.74) is 5.68. The van der Waals surface area contributed by atoms with Gasteiger partial charge in [0.25, 0.3) is 0 Å². The quantitative estimate of drug-likeness (QED) is 0.294. The van der Waals surface area contributed by atoms with Crippen LogP contribution in [0.4, 0.5) is 0 Å². The molecule has 6 heteroatoms. The summed E-state index contributed by atoms with van der Waals surface area (Å²) >= 11 is 0. The summed E-state index contributed by atoms with van der Waals surface area (Å²) in [5.74, 6) is 0.820. The Morgan fingerprint density at radius 1 is 0.946 bits per heavy atom. The van der Waals surface area contributed by atoms with Gasteiger partial charge >= 0.3 is 0 Å². The van der Waals surface area contributed by atoms with Crippen molar-refractivity contribution in [3.63, 3.8) is 0 Å². The van der Waals surface area contributed by atoms with Crippen LogP contribution in [0.1, 0.15) is 41.2 Å². The van der Waals surface area contributed by atoms with Gasteiger partial charge in [0.15, 0.2) is 0 Å². The maximum atomic E-state index is 10.4. The number of fused-ring (bicyclic) bond motifs is 1. The molecular weight excluding hydrogens is 466 g/mol. The van der Waals surface area contributed by atoms with E-state index in [-0.39, 0.29) is 18.8 Å².